The Balaban J connectivity index is 2.05. The molecule has 0 N–H and O–H groups in total. The lowest BCUT2D eigenvalue weighted by Gasteiger charge is -2.19. The Morgan fingerprint density at radius 3 is 1.36 bits per heavy atom. The average molecular weight is 419 g/mol. The molecule has 2 aromatic carbocycles. The van der Waals surface area contributed by atoms with E-state index in [0.717, 1.165) is 9.79 Å². The normalized spacial score (nSPS) is 11.8. The van der Waals surface area contributed by atoms with Crippen molar-refractivity contribution in [3.63, 3.8) is 0 Å². The highest BCUT2D eigenvalue weighted by molar-refractivity contribution is 8.76. The Kier molecular flexibility index (Phi) is 7.23. The molecule has 0 aliphatic heterocycles. The minimum atomic E-state index is -0.531. The smallest absolute Gasteiger partial charge is 0.338 e. The number of hydrogen-bond acceptors (Lipinski definition) is 6. The van der Waals surface area contributed by atoms with Crippen LogP contribution >= 0.6 is 21.6 Å². The number of esters is 2. The van der Waals surface area contributed by atoms with E-state index in [4.69, 9.17) is 9.47 Å². The largest absolute Gasteiger partial charge is 0.456 e. The number of carbonyl (C=O) groups is 2. The zero-order valence-electron chi connectivity index (χ0n) is 17.1. The zero-order valence-corrected chi connectivity index (χ0v) is 18.7. The van der Waals surface area contributed by atoms with Gasteiger partial charge < -0.3 is 9.47 Å². The molecule has 150 valence electrons. The maximum Gasteiger partial charge on any atom is 0.338 e. The summed E-state index contributed by atoms with van der Waals surface area (Å²) >= 11 is 0. The predicted octanol–water partition coefficient (Wildman–Crippen LogP) is 6.40. The van der Waals surface area contributed by atoms with E-state index < -0.39 is 11.2 Å². The van der Waals surface area contributed by atoms with Gasteiger partial charge in [0.05, 0.1) is 11.1 Å². The van der Waals surface area contributed by atoms with Crippen LogP contribution < -0.4 is 0 Å². The van der Waals surface area contributed by atoms with Crippen LogP contribution in [-0.2, 0) is 9.47 Å². The topological polar surface area (TPSA) is 52.6 Å². The standard InChI is InChI=1S/C22H26O4S2/c1-21(2,3)25-19(23)15-9-7-11-17(13-15)27-28-18-12-8-10-16(14-18)20(24)26-22(4,5)6/h7-14H,1-6H3. The maximum atomic E-state index is 12.2. The van der Waals surface area contributed by atoms with Crippen molar-refractivity contribution >= 4 is 33.5 Å². The van der Waals surface area contributed by atoms with Crippen molar-refractivity contribution in [2.45, 2.75) is 62.5 Å². The van der Waals surface area contributed by atoms with Crippen LogP contribution in [0, 0.1) is 0 Å². The highest BCUT2D eigenvalue weighted by atomic mass is 33.1. The Morgan fingerprint density at radius 2 is 1.04 bits per heavy atom. The summed E-state index contributed by atoms with van der Waals surface area (Å²) in [5.74, 6) is -0.682. The molecule has 0 unspecified atom stereocenters. The van der Waals surface area contributed by atoms with Gasteiger partial charge >= 0.3 is 11.9 Å². The van der Waals surface area contributed by atoms with E-state index in [1.807, 2.05) is 77.9 Å². The second kappa shape index (κ2) is 9.05. The molecule has 0 fully saturated rings. The molecular weight excluding hydrogens is 392 g/mol. The van der Waals surface area contributed by atoms with Gasteiger partial charge in [-0.15, -0.1) is 0 Å². The van der Waals surface area contributed by atoms with E-state index >= 15 is 0 Å². The molecule has 2 rings (SSSR count). The van der Waals surface area contributed by atoms with Crippen LogP contribution in [0.4, 0.5) is 0 Å². The third-order valence-corrected chi connectivity index (χ3v) is 5.55. The molecule has 0 amide bonds. The Labute approximate surface area is 174 Å². The molecule has 28 heavy (non-hydrogen) atoms. The van der Waals surface area contributed by atoms with Crippen LogP contribution in [0.5, 0.6) is 0 Å². The molecule has 0 heterocycles. The first-order chi connectivity index (χ1) is 12.9. The van der Waals surface area contributed by atoms with Gasteiger partial charge in [-0.3, -0.25) is 0 Å². The van der Waals surface area contributed by atoms with Gasteiger partial charge in [-0.05, 0) is 77.9 Å². The molecule has 0 bridgehead atoms. The second-order valence-corrected chi connectivity index (χ2v) is 10.5. The predicted molar refractivity (Wildman–Crippen MR) is 115 cm³/mol. The fourth-order valence-corrected chi connectivity index (χ4v) is 4.13. The van der Waals surface area contributed by atoms with Gasteiger partial charge in [-0.1, -0.05) is 33.7 Å². The quantitative estimate of drug-likeness (QED) is 0.414. The van der Waals surface area contributed by atoms with Crippen LogP contribution in [0.1, 0.15) is 62.3 Å². The summed E-state index contributed by atoms with van der Waals surface area (Å²) in [4.78, 5) is 26.3. The number of benzene rings is 2. The summed E-state index contributed by atoms with van der Waals surface area (Å²) in [5.41, 5.74) is -0.0280. The molecule has 0 spiro atoms. The van der Waals surface area contributed by atoms with Gasteiger partial charge in [0, 0.05) is 9.79 Å². The van der Waals surface area contributed by atoms with Crippen LogP contribution in [0.3, 0.4) is 0 Å². The summed E-state index contributed by atoms with van der Waals surface area (Å²) in [5, 5.41) is 0. The van der Waals surface area contributed by atoms with E-state index in [1.54, 1.807) is 12.1 Å². The number of hydrogen-bond donors (Lipinski definition) is 0. The first-order valence-corrected chi connectivity index (χ1v) is 11.1. The van der Waals surface area contributed by atoms with E-state index in [1.165, 1.54) is 21.6 Å². The van der Waals surface area contributed by atoms with Crippen molar-refractivity contribution in [1.82, 2.24) is 0 Å². The third-order valence-electron chi connectivity index (χ3n) is 3.17. The van der Waals surface area contributed by atoms with E-state index in [0.29, 0.717) is 11.1 Å². The average Bonchev–Trinajstić information content (AvgIpc) is 2.57. The molecular formula is C22H26O4S2. The van der Waals surface area contributed by atoms with Gasteiger partial charge in [-0.25, -0.2) is 9.59 Å². The van der Waals surface area contributed by atoms with Crippen LogP contribution in [0.25, 0.3) is 0 Å². The summed E-state index contributed by atoms with van der Waals surface area (Å²) in [7, 11) is 3.03. The lowest BCUT2D eigenvalue weighted by molar-refractivity contribution is 0.00567. The molecule has 2 aromatic rings. The molecule has 0 radical (unpaired) electrons. The number of ether oxygens (including phenoxy) is 2. The maximum absolute atomic E-state index is 12.2. The Bertz CT molecular complexity index is 777. The van der Waals surface area contributed by atoms with E-state index in [2.05, 4.69) is 0 Å². The Hall–Kier alpha value is -1.92. The van der Waals surface area contributed by atoms with Crippen molar-refractivity contribution in [2.75, 3.05) is 0 Å². The summed E-state index contributed by atoms with van der Waals surface area (Å²) in [6, 6.07) is 14.6. The summed E-state index contributed by atoms with van der Waals surface area (Å²) in [6.45, 7) is 11.1. The monoisotopic (exact) mass is 418 g/mol. The highest BCUT2D eigenvalue weighted by Gasteiger charge is 2.19. The first kappa shape index (κ1) is 22.4. The van der Waals surface area contributed by atoms with Crippen molar-refractivity contribution in [2.24, 2.45) is 0 Å². The molecule has 4 nitrogen and oxygen atoms in total. The lowest BCUT2D eigenvalue weighted by Crippen LogP contribution is -2.23. The lowest BCUT2D eigenvalue weighted by atomic mass is 10.2. The highest BCUT2D eigenvalue weighted by Crippen LogP contribution is 2.38. The van der Waals surface area contributed by atoms with Crippen molar-refractivity contribution in [3.8, 4) is 0 Å². The van der Waals surface area contributed by atoms with Crippen LogP contribution in [-0.4, -0.2) is 23.1 Å². The molecule has 6 heteroatoms. The minimum absolute atomic E-state index is 0.341. The van der Waals surface area contributed by atoms with Gasteiger partial charge in [-0.2, -0.15) is 0 Å². The molecule has 0 atom stereocenters. The van der Waals surface area contributed by atoms with Crippen molar-refractivity contribution in [1.29, 1.82) is 0 Å². The molecule has 0 aromatic heterocycles. The molecule has 0 aliphatic carbocycles. The van der Waals surface area contributed by atoms with Crippen LogP contribution in [0.15, 0.2) is 58.3 Å². The first-order valence-electron chi connectivity index (χ1n) is 8.94. The summed E-state index contributed by atoms with van der Waals surface area (Å²) < 4.78 is 10.8. The van der Waals surface area contributed by atoms with Crippen molar-refractivity contribution in [3.05, 3.63) is 59.7 Å². The molecule has 0 saturated carbocycles. The molecule has 0 saturated heterocycles. The fourth-order valence-electron chi connectivity index (χ4n) is 2.12. The van der Waals surface area contributed by atoms with E-state index in [9.17, 15) is 9.59 Å². The van der Waals surface area contributed by atoms with Crippen LogP contribution in [0.2, 0.25) is 0 Å². The van der Waals surface area contributed by atoms with Gasteiger partial charge in [0.15, 0.2) is 0 Å². The van der Waals surface area contributed by atoms with Crippen molar-refractivity contribution < 1.29 is 19.1 Å². The number of rotatable bonds is 5. The minimum Gasteiger partial charge on any atom is -0.456 e. The zero-order chi connectivity index (χ0) is 20.9. The van der Waals surface area contributed by atoms with Gasteiger partial charge in [0.2, 0.25) is 0 Å². The van der Waals surface area contributed by atoms with Gasteiger partial charge in [0.25, 0.3) is 0 Å². The second-order valence-electron chi connectivity index (χ2n) is 8.23. The molecule has 0 aliphatic rings. The Morgan fingerprint density at radius 1 is 0.679 bits per heavy atom. The fraction of sp³-hybridized carbons (Fsp3) is 0.364. The van der Waals surface area contributed by atoms with Gasteiger partial charge in [0.1, 0.15) is 11.2 Å². The summed E-state index contributed by atoms with van der Waals surface area (Å²) in [6.07, 6.45) is 0. The SMILES string of the molecule is CC(C)(C)OC(=O)c1cccc(SSc2cccc(C(=O)OC(C)(C)C)c2)c1. The number of carbonyl (C=O) groups excluding carboxylic acids is 2. The van der Waals surface area contributed by atoms with E-state index in [-0.39, 0.29) is 11.9 Å². The third kappa shape index (κ3) is 7.60.